The maximum atomic E-state index is 13.7. The Balaban J connectivity index is 1.64. The van der Waals surface area contributed by atoms with Gasteiger partial charge in [0.2, 0.25) is 0 Å². The van der Waals surface area contributed by atoms with Gasteiger partial charge in [-0.3, -0.25) is 14.5 Å². The molecule has 0 bridgehead atoms. The fraction of sp³-hybridized carbons (Fsp3) is 0.346. The first-order valence-corrected chi connectivity index (χ1v) is 12.3. The second kappa shape index (κ2) is 10.6. The molecule has 8 nitrogen and oxygen atoms in total. The predicted molar refractivity (Wildman–Crippen MR) is 138 cm³/mol. The second-order valence-electron chi connectivity index (χ2n) is 9.53. The van der Waals surface area contributed by atoms with E-state index in [4.69, 9.17) is 11.6 Å². The van der Waals surface area contributed by atoms with Gasteiger partial charge in [-0.25, -0.2) is 4.68 Å². The number of aryl methyl sites for hydroxylation is 3. The van der Waals surface area contributed by atoms with Crippen LogP contribution in [0.5, 0.6) is 0 Å². The Morgan fingerprint density at radius 1 is 1.16 bits per heavy atom. The topological polar surface area (TPSA) is 90.5 Å². The van der Waals surface area contributed by atoms with E-state index in [1.165, 1.54) is 16.9 Å². The molecular weight excluding hydrogens is 519 g/mol. The molecule has 12 heteroatoms. The molecule has 0 spiro atoms. The molecule has 0 radical (unpaired) electrons. The Morgan fingerprint density at radius 3 is 2.53 bits per heavy atom. The monoisotopic (exact) mass is 545 g/mol. The van der Waals surface area contributed by atoms with Crippen LogP contribution in [0, 0.1) is 19.8 Å². The van der Waals surface area contributed by atoms with Gasteiger partial charge in [0.25, 0.3) is 5.91 Å². The zero-order valence-electron chi connectivity index (χ0n) is 21.6. The fourth-order valence-corrected chi connectivity index (χ4v) is 4.24. The van der Waals surface area contributed by atoms with Gasteiger partial charge in [-0.05, 0) is 56.4 Å². The first kappa shape index (κ1) is 27.3. The number of carbonyl (C=O) groups is 1. The van der Waals surface area contributed by atoms with Crippen LogP contribution in [-0.2, 0) is 19.6 Å². The van der Waals surface area contributed by atoms with Crippen molar-refractivity contribution >= 4 is 23.2 Å². The van der Waals surface area contributed by atoms with Crippen LogP contribution < -0.4 is 5.32 Å². The Hall–Kier alpha value is -3.73. The summed E-state index contributed by atoms with van der Waals surface area (Å²) < 4.78 is 44.2. The lowest BCUT2D eigenvalue weighted by molar-refractivity contribution is -0.137. The number of nitrogens with zero attached hydrogens (tertiary/aromatic N) is 6. The largest absolute Gasteiger partial charge is 0.417 e. The molecule has 38 heavy (non-hydrogen) atoms. The highest BCUT2D eigenvalue weighted by atomic mass is 35.5. The van der Waals surface area contributed by atoms with Gasteiger partial charge in [0.05, 0.1) is 39.9 Å². The van der Waals surface area contributed by atoms with E-state index in [2.05, 4.69) is 25.7 Å². The van der Waals surface area contributed by atoms with Crippen molar-refractivity contribution in [3.63, 3.8) is 0 Å². The fourth-order valence-electron chi connectivity index (χ4n) is 3.93. The predicted octanol–water partition coefficient (Wildman–Crippen LogP) is 6.19. The number of nitrogens with one attached hydrogen (secondary N) is 1. The number of hydrogen-bond donors (Lipinski definition) is 1. The van der Waals surface area contributed by atoms with Gasteiger partial charge in [-0.15, -0.1) is 5.10 Å². The normalized spacial score (nSPS) is 11.8. The molecule has 1 aromatic carbocycles. The third-order valence-corrected chi connectivity index (χ3v) is 6.72. The number of rotatable bonds is 7. The van der Waals surface area contributed by atoms with Crippen LogP contribution >= 0.6 is 11.6 Å². The van der Waals surface area contributed by atoms with Gasteiger partial charge >= 0.3 is 6.18 Å². The quantitative estimate of drug-likeness (QED) is 0.299. The van der Waals surface area contributed by atoms with Crippen LogP contribution in [0.15, 0.2) is 36.8 Å². The van der Waals surface area contributed by atoms with E-state index in [-0.39, 0.29) is 22.2 Å². The molecule has 4 rings (SSSR count). The standard InChI is InChI=1S/C26H27ClF3N7O/c1-14(2)6-7-17-8-19(10-21(24(17)27)26(28,29)30)33-25(38)18-9-23(15(3)31-11-18)37-13-22(34-35-37)20-12-32-36(5)16(20)4/h8-14H,6-7H2,1-5H3,(H,33,38). The smallest absolute Gasteiger partial charge is 0.322 e. The number of anilines is 1. The van der Waals surface area contributed by atoms with Crippen molar-refractivity contribution in [1.82, 2.24) is 29.8 Å². The molecular formula is C26H27ClF3N7O. The average Bonchev–Trinajstić information content (AvgIpc) is 3.45. The van der Waals surface area contributed by atoms with Crippen LogP contribution in [0.4, 0.5) is 18.9 Å². The first-order chi connectivity index (χ1) is 17.8. The highest BCUT2D eigenvalue weighted by Gasteiger charge is 2.35. The minimum absolute atomic E-state index is 0.00250. The molecule has 0 saturated carbocycles. The molecule has 4 aromatic rings. The van der Waals surface area contributed by atoms with E-state index in [0.29, 0.717) is 35.5 Å². The summed E-state index contributed by atoms with van der Waals surface area (Å²) in [5.74, 6) is -0.345. The number of aromatic nitrogens is 6. The maximum absolute atomic E-state index is 13.7. The lowest BCUT2D eigenvalue weighted by atomic mass is 9.99. The zero-order valence-corrected chi connectivity index (χ0v) is 22.3. The average molecular weight is 546 g/mol. The minimum atomic E-state index is -4.67. The second-order valence-corrected chi connectivity index (χ2v) is 9.90. The van der Waals surface area contributed by atoms with E-state index in [1.54, 1.807) is 30.1 Å². The van der Waals surface area contributed by atoms with Crippen LogP contribution in [0.1, 0.15) is 53.1 Å². The SMILES string of the molecule is Cc1ncc(C(=O)Nc2cc(CCC(C)C)c(Cl)c(C(F)(F)F)c2)cc1-n1cc(-c2cnn(C)c2C)nn1. The summed E-state index contributed by atoms with van der Waals surface area (Å²) in [6.07, 6.45) is 1.08. The van der Waals surface area contributed by atoms with Crippen molar-refractivity contribution in [3.8, 4) is 16.9 Å². The number of pyridine rings is 1. The lowest BCUT2D eigenvalue weighted by Gasteiger charge is -2.16. The van der Waals surface area contributed by atoms with E-state index < -0.39 is 17.6 Å². The number of hydrogen-bond acceptors (Lipinski definition) is 5. The van der Waals surface area contributed by atoms with Gasteiger partial charge in [-0.2, -0.15) is 18.3 Å². The van der Waals surface area contributed by atoms with Crippen molar-refractivity contribution in [2.24, 2.45) is 13.0 Å². The molecule has 1 amide bonds. The molecule has 0 unspecified atom stereocenters. The molecule has 0 saturated heterocycles. The Kier molecular flexibility index (Phi) is 7.59. The Labute approximate surface area is 222 Å². The highest BCUT2D eigenvalue weighted by molar-refractivity contribution is 6.32. The molecule has 0 aliphatic carbocycles. The summed E-state index contributed by atoms with van der Waals surface area (Å²) in [5, 5.41) is 14.8. The zero-order chi connectivity index (χ0) is 27.8. The van der Waals surface area contributed by atoms with Crippen molar-refractivity contribution in [2.75, 3.05) is 5.32 Å². The first-order valence-electron chi connectivity index (χ1n) is 11.9. The van der Waals surface area contributed by atoms with E-state index in [9.17, 15) is 18.0 Å². The van der Waals surface area contributed by atoms with E-state index in [0.717, 1.165) is 17.3 Å². The summed E-state index contributed by atoms with van der Waals surface area (Å²) in [4.78, 5) is 17.4. The Morgan fingerprint density at radius 2 is 1.89 bits per heavy atom. The van der Waals surface area contributed by atoms with Crippen molar-refractivity contribution in [3.05, 3.63) is 69.9 Å². The molecule has 1 N–H and O–H groups in total. The van der Waals surface area contributed by atoms with Crippen LogP contribution in [-0.4, -0.2) is 35.7 Å². The summed E-state index contributed by atoms with van der Waals surface area (Å²) in [6, 6.07) is 3.90. The van der Waals surface area contributed by atoms with Gasteiger partial charge < -0.3 is 5.32 Å². The van der Waals surface area contributed by atoms with Gasteiger partial charge in [0.15, 0.2) is 0 Å². The van der Waals surface area contributed by atoms with Gasteiger partial charge in [0, 0.05) is 30.2 Å². The molecule has 0 aliphatic heterocycles. The summed E-state index contributed by atoms with van der Waals surface area (Å²) in [7, 11) is 1.82. The number of halogens is 4. The third-order valence-electron chi connectivity index (χ3n) is 6.28. The number of amides is 1. The van der Waals surface area contributed by atoms with Gasteiger partial charge in [-0.1, -0.05) is 30.7 Å². The molecule has 200 valence electrons. The number of carbonyl (C=O) groups excluding carboxylic acids is 1. The Bertz CT molecular complexity index is 1490. The molecule has 3 heterocycles. The number of benzene rings is 1. The lowest BCUT2D eigenvalue weighted by Crippen LogP contribution is -2.16. The summed E-state index contributed by atoms with van der Waals surface area (Å²) >= 11 is 6.10. The molecule has 3 aromatic heterocycles. The van der Waals surface area contributed by atoms with Crippen molar-refractivity contribution in [1.29, 1.82) is 0 Å². The summed E-state index contributed by atoms with van der Waals surface area (Å²) in [6.45, 7) is 7.61. The molecule has 0 atom stereocenters. The maximum Gasteiger partial charge on any atom is 0.417 e. The highest BCUT2D eigenvalue weighted by Crippen LogP contribution is 2.39. The van der Waals surface area contributed by atoms with E-state index in [1.807, 2.05) is 27.8 Å². The minimum Gasteiger partial charge on any atom is -0.322 e. The van der Waals surface area contributed by atoms with Crippen LogP contribution in [0.2, 0.25) is 5.02 Å². The van der Waals surface area contributed by atoms with Crippen LogP contribution in [0.3, 0.4) is 0 Å². The van der Waals surface area contributed by atoms with Crippen LogP contribution in [0.25, 0.3) is 16.9 Å². The number of alkyl halides is 3. The summed E-state index contributed by atoms with van der Waals surface area (Å²) in [5.41, 5.74) is 2.90. The molecule has 0 aliphatic rings. The third kappa shape index (κ3) is 5.72. The van der Waals surface area contributed by atoms with Crippen molar-refractivity contribution in [2.45, 2.75) is 46.7 Å². The van der Waals surface area contributed by atoms with Gasteiger partial charge in [0.1, 0.15) is 5.69 Å². The molecule has 0 fully saturated rings. The van der Waals surface area contributed by atoms with E-state index >= 15 is 0 Å². The van der Waals surface area contributed by atoms with Crippen molar-refractivity contribution < 1.29 is 18.0 Å².